The SMILES string of the molecule is Cn1cc2c(n1)CN(CC1(CNC3CC3c3ccccc3)CC1)C2. The third kappa shape index (κ3) is 2.78. The standard InChI is InChI=1S/C20H26N4/c1-23-10-16-11-24(12-19(16)22-23)14-20(7-8-20)13-21-18-9-17(18)15-5-3-2-4-6-15/h2-6,10,17-18,21H,7-9,11-14H2,1H3. The summed E-state index contributed by atoms with van der Waals surface area (Å²) in [7, 11) is 2.02. The van der Waals surface area contributed by atoms with Gasteiger partial charge in [0.05, 0.1) is 5.69 Å². The molecule has 5 rings (SSSR count). The molecule has 2 aromatic rings. The highest BCUT2D eigenvalue weighted by molar-refractivity contribution is 5.28. The van der Waals surface area contributed by atoms with Gasteiger partial charge in [-0.15, -0.1) is 0 Å². The Morgan fingerprint density at radius 3 is 2.79 bits per heavy atom. The predicted molar refractivity (Wildman–Crippen MR) is 94.6 cm³/mol. The van der Waals surface area contributed by atoms with Crippen molar-refractivity contribution in [3.05, 3.63) is 53.3 Å². The monoisotopic (exact) mass is 322 g/mol. The van der Waals surface area contributed by atoms with E-state index in [0.717, 1.165) is 19.0 Å². The van der Waals surface area contributed by atoms with E-state index < -0.39 is 0 Å². The van der Waals surface area contributed by atoms with Crippen LogP contribution in [0.5, 0.6) is 0 Å². The van der Waals surface area contributed by atoms with Gasteiger partial charge in [0.25, 0.3) is 0 Å². The number of aromatic nitrogens is 2. The van der Waals surface area contributed by atoms with Crippen LogP contribution in [0.3, 0.4) is 0 Å². The zero-order valence-electron chi connectivity index (χ0n) is 14.4. The number of rotatable bonds is 6. The Balaban J connectivity index is 1.13. The molecule has 1 N–H and O–H groups in total. The molecule has 1 aliphatic heterocycles. The molecule has 2 atom stereocenters. The van der Waals surface area contributed by atoms with Crippen LogP contribution in [0.2, 0.25) is 0 Å². The average molecular weight is 322 g/mol. The van der Waals surface area contributed by atoms with E-state index in [4.69, 9.17) is 0 Å². The highest BCUT2D eigenvalue weighted by Gasteiger charge is 2.47. The van der Waals surface area contributed by atoms with Gasteiger partial charge >= 0.3 is 0 Å². The molecule has 0 amide bonds. The second kappa shape index (κ2) is 5.43. The Hall–Kier alpha value is -1.65. The molecule has 1 aromatic carbocycles. The molecule has 2 unspecified atom stereocenters. The van der Waals surface area contributed by atoms with Crippen molar-refractivity contribution < 1.29 is 0 Å². The van der Waals surface area contributed by atoms with Gasteiger partial charge in [0, 0.05) is 56.9 Å². The zero-order valence-corrected chi connectivity index (χ0v) is 14.4. The molecule has 2 aliphatic carbocycles. The van der Waals surface area contributed by atoms with Crippen molar-refractivity contribution in [2.24, 2.45) is 12.5 Å². The van der Waals surface area contributed by atoms with E-state index in [1.54, 1.807) is 0 Å². The lowest BCUT2D eigenvalue weighted by Gasteiger charge is -2.23. The van der Waals surface area contributed by atoms with Crippen LogP contribution in [-0.2, 0) is 20.1 Å². The van der Waals surface area contributed by atoms with Gasteiger partial charge in [-0.25, -0.2) is 0 Å². The van der Waals surface area contributed by atoms with Gasteiger partial charge in [-0.05, 0) is 30.2 Å². The van der Waals surface area contributed by atoms with Gasteiger partial charge in [-0.2, -0.15) is 5.10 Å². The topological polar surface area (TPSA) is 33.1 Å². The molecule has 126 valence electrons. The van der Waals surface area contributed by atoms with E-state index >= 15 is 0 Å². The lowest BCUT2D eigenvalue weighted by Crippen LogP contribution is -2.35. The summed E-state index contributed by atoms with van der Waals surface area (Å²) in [6, 6.07) is 11.7. The first kappa shape index (κ1) is 14.7. The molecule has 24 heavy (non-hydrogen) atoms. The maximum absolute atomic E-state index is 4.58. The fourth-order valence-electron chi connectivity index (χ4n) is 4.35. The molecular formula is C20H26N4. The average Bonchev–Trinajstić information content (AvgIpc) is 3.44. The minimum absolute atomic E-state index is 0.523. The molecule has 2 heterocycles. The van der Waals surface area contributed by atoms with E-state index in [1.807, 2.05) is 11.7 Å². The minimum atomic E-state index is 0.523. The molecular weight excluding hydrogens is 296 g/mol. The van der Waals surface area contributed by atoms with Crippen LogP contribution < -0.4 is 5.32 Å². The summed E-state index contributed by atoms with van der Waals surface area (Å²) in [6.07, 6.45) is 6.25. The first-order valence-corrected chi connectivity index (χ1v) is 9.23. The van der Waals surface area contributed by atoms with Gasteiger partial charge in [0.1, 0.15) is 0 Å². The summed E-state index contributed by atoms with van der Waals surface area (Å²) >= 11 is 0. The number of hydrogen-bond acceptors (Lipinski definition) is 3. The van der Waals surface area contributed by atoms with Crippen LogP contribution in [0, 0.1) is 5.41 Å². The third-order valence-corrected chi connectivity index (χ3v) is 6.03. The Morgan fingerprint density at radius 2 is 2.04 bits per heavy atom. The summed E-state index contributed by atoms with van der Waals surface area (Å²) in [5, 5.41) is 8.44. The molecule has 0 bridgehead atoms. The molecule has 0 spiro atoms. The molecule has 1 aromatic heterocycles. The van der Waals surface area contributed by atoms with Crippen LogP contribution in [0.15, 0.2) is 36.5 Å². The van der Waals surface area contributed by atoms with Crippen LogP contribution in [0.4, 0.5) is 0 Å². The van der Waals surface area contributed by atoms with Crippen molar-refractivity contribution in [2.45, 2.75) is 44.3 Å². The number of hydrogen-bond donors (Lipinski definition) is 1. The van der Waals surface area contributed by atoms with Gasteiger partial charge in [0.15, 0.2) is 0 Å². The smallest absolute Gasteiger partial charge is 0.0809 e. The Kier molecular flexibility index (Phi) is 3.32. The fourth-order valence-corrected chi connectivity index (χ4v) is 4.35. The summed E-state index contributed by atoms with van der Waals surface area (Å²) in [4.78, 5) is 2.59. The maximum atomic E-state index is 4.58. The highest BCUT2D eigenvalue weighted by atomic mass is 15.3. The van der Waals surface area contributed by atoms with Crippen molar-refractivity contribution >= 4 is 0 Å². The van der Waals surface area contributed by atoms with Crippen LogP contribution >= 0.6 is 0 Å². The normalized spacial score (nSPS) is 27.2. The van der Waals surface area contributed by atoms with Crippen LogP contribution in [0.1, 0.15) is 42.0 Å². The molecule has 2 saturated carbocycles. The molecule has 0 radical (unpaired) electrons. The zero-order chi connectivity index (χ0) is 16.1. The summed E-state index contributed by atoms with van der Waals surface area (Å²) in [5.41, 5.74) is 4.73. The van der Waals surface area contributed by atoms with Crippen molar-refractivity contribution in [1.82, 2.24) is 20.0 Å². The quantitative estimate of drug-likeness (QED) is 0.887. The molecule has 0 saturated heterocycles. The maximum Gasteiger partial charge on any atom is 0.0809 e. The molecule has 2 fully saturated rings. The van der Waals surface area contributed by atoms with Gasteiger partial charge in [-0.1, -0.05) is 30.3 Å². The van der Waals surface area contributed by atoms with E-state index in [-0.39, 0.29) is 0 Å². The van der Waals surface area contributed by atoms with Crippen molar-refractivity contribution in [3.63, 3.8) is 0 Å². The number of benzene rings is 1. The fraction of sp³-hybridized carbons (Fsp3) is 0.550. The van der Waals surface area contributed by atoms with Gasteiger partial charge in [-0.3, -0.25) is 9.58 Å². The number of fused-ring (bicyclic) bond motifs is 1. The summed E-state index contributed by atoms with van der Waals surface area (Å²) < 4.78 is 1.95. The lowest BCUT2D eigenvalue weighted by atomic mass is 10.1. The first-order valence-electron chi connectivity index (χ1n) is 9.23. The van der Waals surface area contributed by atoms with Crippen molar-refractivity contribution in [1.29, 1.82) is 0 Å². The van der Waals surface area contributed by atoms with E-state index in [0.29, 0.717) is 11.5 Å². The van der Waals surface area contributed by atoms with Crippen LogP contribution in [0.25, 0.3) is 0 Å². The summed E-state index contributed by atoms with van der Waals surface area (Å²) in [6.45, 7) is 4.53. The lowest BCUT2D eigenvalue weighted by molar-refractivity contribution is 0.216. The van der Waals surface area contributed by atoms with Crippen LogP contribution in [-0.4, -0.2) is 33.8 Å². The highest BCUT2D eigenvalue weighted by Crippen LogP contribution is 2.48. The van der Waals surface area contributed by atoms with E-state index in [1.165, 1.54) is 49.2 Å². The number of nitrogens with zero attached hydrogens (tertiary/aromatic N) is 3. The summed E-state index contributed by atoms with van der Waals surface area (Å²) in [5.74, 6) is 0.739. The largest absolute Gasteiger partial charge is 0.313 e. The van der Waals surface area contributed by atoms with E-state index in [9.17, 15) is 0 Å². The van der Waals surface area contributed by atoms with Gasteiger partial charge in [0.2, 0.25) is 0 Å². The Bertz CT molecular complexity index is 708. The second-order valence-electron chi connectivity index (χ2n) is 8.16. The third-order valence-electron chi connectivity index (χ3n) is 6.03. The molecule has 3 aliphatic rings. The second-order valence-corrected chi connectivity index (χ2v) is 8.16. The van der Waals surface area contributed by atoms with Crippen molar-refractivity contribution in [2.75, 3.05) is 13.1 Å². The molecule has 4 heteroatoms. The van der Waals surface area contributed by atoms with E-state index in [2.05, 4.69) is 51.8 Å². The number of aryl methyl sites for hydroxylation is 1. The van der Waals surface area contributed by atoms with Crippen molar-refractivity contribution in [3.8, 4) is 0 Å². The minimum Gasteiger partial charge on any atom is -0.313 e. The van der Waals surface area contributed by atoms with Gasteiger partial charge < -0.3 is 5.32 Å². The molecule has 4 nitrogen and oxygen atoms in total. The number of nitrogens with one attached hydrogen (secondary N) is 1. The Morgan fingerprint density at radius 1 is 1.21 bits per heavy atom. The first-order chi connectivity index (χ1) is 11.7. The Labute approximate surface area is 143 Å². The predicted octanol–water partition coefficient (Wildman–Crippen LogP) is 2.66.